The lowest BCUT2D eigenvalue weighted by Gasteiger charge is -2.56. The van der Waals surface area contributed by atoms with Crippen molar-refractivity contribution in [3.63, 3.8) is 0 Å². The molecule has 2 fully saturated rings. The molecule has 16 heavy (non-hydrogen) atoms. The normalized spacial score (nSPS) is 36.8. The monoisotopic (exact) mass is 225 g/mol. The standard InChI is InChI=1S/C14H29N2/c1-12(2)15-8-10-16(13(3)4)9-6-5-7-14(16)11-15/h12-14H,5-11H2,1-4H3/q+1. The summed E-state index contributed by atoms with van der Waals surface area (Å²) in [5.74, 6) is 0. The van der Waals surface area contributed by atoms with Gasteiger partial charge in [-0.3, -0.25) is 4.90 Å². The van der Waals surface area contributed by atoms with Gasteiger partial charge < -0.3 is 4.48 Å². The zero-order chi connectivity index (χ0) is 11.8. The number of fused-ring (bicyclic) bond motifs is 1. The van der Waals surface area contributed by atoms with E-state index in [1.165, 1.54) is 49.9 Å². The molecule has 0 amide bonds. The molecule has 0 saturated carbocycles. The van der Waals surface area contributed by atoms with Gasteiger partial charge in [-0.2, -0.15) is 0 Å². The highest BCUT2D eigenvalue weighted by atomic mass is 15.5. The average molecular weight is 225 g/mol. The fraction of sp³-hybridized carbons (Fsp3) is 1.00. The Balaban J connectivity index is 2.12. The van der Waals surface area contributed by atoms with E-state index in [1.807, 2.05) is 0 Å². The maximum atomic E-state index is 2.69. The lowest BCUT2D eigenvalue weighted by atomic mass is 9.92. The van der Waals surface area contributed by atoms with Gasteiger partial charge in [0, 0.05) is 19.0 Å². The predicted octanol–water partition coefficient (Wildman–Crippen LogP) is 2.49. The van der Waals surface area contributed by atoms with Gasteiger partial charge in [0.25, 0.3) is 0 Å². The highest BCUT2D eigenvalue weighted by Crippen LogP contribution is 2.32. The highest BCUT2D eigenvalue weighted by molar-refractivity contribution is 4.79. The lowest BCUT2D eigenvalue weighted by molar-refractivity contribution is -0.978. The molecule has 2 heterocycles. The van der Waals surface area contributed by atoms with Crippen molar-refractivity contribution >= 4 is 0 Å². The van der Waals surface area contributed by atoms with Crippen LogP contribution in [0.3, 0.4) is 0 Å². The molecule has 2 unspecified atom stereocenters. The first-order chi connectivity index (χ1) is 7.56. The van der Waals surface area contributed by atoms with E-state index in [1.54, 1.807) is 0 Å². The van der Waals surface area contributed by atoms with Gasteiger partial charge in [-0.15, -0.1) is 0 Å². The van der Waals surface area contributed by atoms with Crippen molar-refractivity contribution in [3.05, 3.63) is 0 Å². The number of hydrogen-bond donors (Lipinski definition) is 0. The van der Waals surface area contributed by atoms with E-state index in [0.29, 0.717) is 0 Å². The van der Waals surface area contributed by atoms with Gasteiger partial charge in [0.15, 0.2) is 0 Å². The Kier molecular flexibility index (Phi) is 3.60. The van der Waals surface area contributed by atoms with Crippen molar-refractivity contribution in [2.75, 3.05) is 26.2 Å². The van der Waals surface area contributed by atoms with E-state index in [-0.39, 0.29) is 0 Å². The van der Waals surface area contributed by atoms with E-state index >= 15 is 0 Å². The van der Waals surface area contributed by atoms with Crippen molar-refractivity contribution in [1.29, 1.82) is 0 Å². The summed E-state index contributed by atoms with van der Waals surface area (Å²) in [7, 11) is 0. The molecular formula is C14H29N2+. The van der Waals surface area contributed by atoms with Gasteiger partial charge in [0.05, 0.1) is 25.7 Å². The summed E-state index contributed by atoms with van der Waals surface area (Å²) in [5.41, 5.74) is 0. The third kappa shape index (κ3) is 2.02. The summed E-state index contributed by atoms with van der Waals surface area (Å²) in [6, 6.07) is 2.47. The Morgan fingerprint density at radius 3 is 2.44 bits per heavy atom. The zero-order valence-electron chi connectivity index (χ0n) is 11.6. The molecule has 0 aromatic carbocycles. The van der Waals surface area contributed by atoms with Crippen molar-refractivity contribution in [2.45, 2.75) is 65.1 Å². The molecule has 0 bridgehead atoms. The summed E-state index contributed by atoms with van der Waals surface area (Å²) in [5, 5.41) is 0. The molecule has 2 nitrogen and oxygen atoms in total. The number of hydrogen-bond acceptors (Lipinski definition) is 1. The number of rotatable bonds is 2. The number of piperidine rings is 1. The Morgan fingerprint density at radius 1 is 1.06 bits per heavy atom. The molecule has 2 aliphatic heterocycles. The maximum Gasteiger partial charge on any atom is 0.102 e. The van der Waals surface area contributed by atoms with Gasteiger partial charge in [-0.25, -0.2) is 0 Å². The summed E-state index contributed by atoms with van der Waals surface area (Å²) < 4.78 is 1.42. The first-order valence-electron chi connectivity index (χ1n) is 7.17. The van der Waals surface area contributed by atoms with E-state index in [9.17, 15) is 0 Å². The molecular weight excluding hydrogens is 196 g/mol. The molecule has 2 heteroatoms. The molecule has 94 valence electrons. The van der Waals surface area contributed by atoms with Crippen LogP contribution in [-0.4, -0.2) is 53.7 Å². The third-order valence-corrected chi connectivity index (χ3v) is 5.10. The molecule has 0 aliphatic carbocycles. The van der Waals surface area contributed by atoms with Crippen LogP contribution in [-0.2, 0) is 0 Å². The Hall–Kier alpha value is -0.0800. The second kappa shape index (κ2) is 4.66. The van der Waals surface area contributed by atoms with Gasteiger partial charge in [0.1, 0.15) is 6.04 Å². The number of quaternary nitrogens is 1. The summed E-state index contributed by atoms with van der Waals surface area (Å²) >= 11 is 0. The van der Waals surface area contributed by atoms with Crippen molar-refractivity contribution < 1.29 is 4.48 Å². The number of piperazine rings is 1. The highest BCUT2D eigenvalue weighted by Gasteiger charge is 2.45. The molecule has 0 radical (unpaired) electrons. The van der Waals surface area contributed by atoms with E-state index < -0.39 is 0 Å². The summed E-state index contributed by atoms with van der Waals surface area (Å²) in [6.07, 6.45) is 4.38. The number of nitrogens with zero attached hydrogens (tertiary/aromatic N) is 2. The second-order valence-corrected chi connectivity index (χ2v) is 6.38. The van der Waals surface area contributed by atoms with Crippen LogP contribution in [0.1, 0.15) is 47.0 Å². The van der Waals surface area contributed by atoms with E-state index in [4.69, 9.17) is 0 Å². The van der Waals surface area contributed by atoms with Crippen LogP contribution in [0.2, 0.25) is 0 Å². The topological polar surface area (TPSA) is 3.24 Å². The fourth-order valence-electron chi connectivity index (χ4n) is 3.86. The lowest BCUT2D eigenvalue weighted by Crippen LogP contribution is -2.70. The Bertz CT molecular complexity index is 237. The molecule has 2 atom stereocenters. The molecule has 2 saturated heterocycles. The van der Waals surface area contributed by atoms with Crippen molar-refractivity contribution in [2.24, 2.45) is 0 Å². The van der Waals surface area contributed by atoms with Crippen LogP contribution in [0.15, 0.2) is 0 Å². The minimum Gasteiger partial charge on any atom is -0.317 e. The van der Waals surface area contributed by atoms with Gasteiger partial charge in [-0.1, -0.05) is 0 Å². The van der Waals surface area contributed by atoms with Gasteiger partial charge in [0.2, 0.25) is 0 Å². The predicted molar refractivity (Wildman–Crippen MR) is 69.5 cm³/mol. The van der Waals surface area contributed by atoms with Crippen LogP contribution < -0.4 is 0 Å². The van der Waals surface area contributed by atoms with Gasteiger partial charge in [-0.05, 0) is 40.5 Å². The molecule has 0 spiro atoms. The third-order valence-electron chi connectivity index (χ3n) is 5.10. The first-order valence-corrected chi connectivity index (χ1v) is 7.17. The van der Waals surface area contributed by atoms with Crippen molar-refractivity contribution in [1.82, 2.24) is 4.90 Å². The minimum absolute atomic E-state index is 0.733. The molecule has 0 aromatic heterocycles. The quantitative estimate of drug-likeness (QED) is 0.653. The molecule has 2 rings (SSSR count). The molecule has 2 aliphatic rings. The van der Waals surface area contributed by atoms with Crippen LogP contribution in [0.5, 0.6) is 0 Å². The smallest absolute Gasteiger partial charge is 0.102 e. The average Bonchev–Trinajstić information content (AvgIpc) is 2.27. The van der Waals surface area contributed by atoms with Crippen LogP contribution in [0.25, 0.3) is 0 Å². The SMILES string of the molecule is CC(C)N1CC[N+]2(C(C)C)CCCCC2C1. The zero-order valence-corrected chi connectivity index (χ0v) is 11.6. The van der Waals surface area contributed by atoms with E-state index in [2.05, 4.69) is 32.6 Å². The van der Waals surface area contributed by atoms with Crippen LogP contribution in [0, 0.1) is 0 Å². The van der Waals surface area contributed by atoms with Gasteiger partial charge >= 0.3 is 0 Å². The second-order valence-electron chi connectivity index (χ2n) is 6.38. The maximum absolute atomic E-state index is 2.69. The van der Waals surface area contributed by atoms with Crippen LogP contribution in [0.4, 0.5) is 0 Å². The van der Waals surface area contributed by atoms with Crippen molar-refractivity contribution in [3.8, 4) is 0 Å². The molecule has 0 N–H and O–H groups in total. The summed E-state index contributed by atoms with van der Waals surface area (Å²) in [4.78, 5) is 2.69. The van der Waals surface area contributed by atoms with E-state index in [0.717, 1.165) is 18.1 Å². The fourth-order valence-corrected chi connectivity index (χ4v) is 3.86. The Labute approximate surface area is 101 Å². The Morgan fingerprint density at radius 2 is 1.81 bits per heavy atom. The van der Waals surface area contributed by atoms with Crippen LogP contribution >= 0.6 is 0 Å². The summed E-state index contributed by atoms with van der Waals surface area (Å²) in [6.45, 7) is 15.0. The first kappa shape index (κ1) is 12.4. The largest absolute Gasteiger partial charge is 0.317 e. The minimum atomic E-state index is 0.733. The molecule has 0 aromatic rings.